The Labute approximate surface area is 190 Å². The van der Waals surface area contributed by atoms with Gasteiger partial charge in [-0.05, 0) is 42.0 Å². The van der Waals surface area contributed by atoms with Crippen molar-refractivity contribution in [2.75, 3.05) is 36.4 Å². The number of H-pyrrole nitrogens is 1. The number of carbonyl (C=O) groups is 1. The van der Waals surface area contributed by atoms with E-state index in [1.807, 2.05) is 4.90 Å². The van der Waals surface area contributed by atoms with E-state index in [1.54, 1.807) is 18.2 Å². The SMILES string of the molecule is O=C(O)N1CCN(c2ccc(C(F)(F)F)cc2CNc2ccc3c(=O)[nH]nc(Cl)c3c2)CC1. The lowest BCUT2D eigenvalue weighted by atomic mass is 10.1. The number of hydrogen-bond acceptors (Lipinski definition) is 5. The van der Waals surface area contributed by atoms with Gasteiger partial charge in [0, 0.05) is 49.5 Å². The number of nitrogens with one attached hydrogen (secondary N) is 2. The molecule has 0 radical (unpaired) electrons. The van der Waals surface area contributed by atoms with Crippen molar-refractivity contribution in [1.29, 1.82) is 0 Å². The first kappa shape index (κ1) is 22.7. The maximum absolute atomic E-state index is 13.3. The zero-order chi connectivity index (χ0) is 23.8. The molecule has 1 aliphatic rings. The third-order valence-electron chi connectivity index (χ3n) is 5.52. The molecule has 4 rings (SSSR count). The minimum atomic E-state index is -4.50. The summed E-state index contributed by atoms with van der Waals surface area (Å²) < 4.78 is 40.0. The van der Waals surface area contributed by atoms with Crippen LogP contribution < -0.4 is 15.8 Å². The fourth-order valence-corrected chi connectivity index (χ4v) is 3.99. The first-order valence-electron chi connectivity index (χ1n) is 9.98. The summed E-state index contributed by atoms with van der Waals surface area (Å²) in [6, 6.07) is 8.33. The third-order valence-corrected chi connectivity index (χ3v) is 5.81. The van der Waals surface area contributed by atoms with Crippen LogP contribution in [0.3, 0.4) is 0 Å². The molecule has 0 aliphatic carbocycles. The fraction of sp³-hybridized carbons (Fsp3) is 0.286. The van der Waals surface area contributed by atoms with Gasteiger partial charge in [-0.25, -0.2) is 9.89 Å². The Bertz CT molecular complexity index is 1260. The molecule has 1 saturated heterocycles. The van der Waals surface area contributed by atoms with E-state index < -0.39 is 23.4 Å². The van der Waals surface area contributed by atoms with Crippen molar-refractivity contribution in [3.05, 3.63) is 63.0 Å². The van der Waals surface area contributed by atoms with Gasteiger partial charge >= 0.3 is 12.3 Å². The van der Waals surface area contributed by atoms with Gasteiger partial charge in [0.05, 0.1) is 10.9 Å². The normalized spacial score (nSPS) is 14.5. The summed E-state index contributed by atoms with van der Waals surface area (Å²) in [6.07, 6.45) is -5.52. The van der Waals surface area contributed by atoms with Crippen molar-refractivity contribution in [3.8, 4) is 0 Å². The van der Waals surface area contributed by atoms with Crippen LogP contribution in [0.4, 0.5) is 29.3 Å². The highest BCUT2D eigenvalue weighted by molar-refractivity contribution is 6.34. The maximum atomic E-state index is 13.3. The highest BCUT2D eigenvalue weighted by Crippen LogP contribution is 2.34. The number of amides is 1. The second-order valence-electron chi connectivity index (χ2n) is 7.56. The molecule has 3 N–H and O–H groups in total. The molecular weight excluding hydrogens is 463 g/mol. The van der Waals surface area contributed by atoms with Crippen molar-refractivity contribution in [1.82, 2.24) is 15.1 Å². The summed E-state index contributed by atoms with van der Waals surface area (Å²) in [5.41, 5.74) is 0.378. The molecule has 1 aliphatic heterocycles. The standard InChI is InChI=1S/C21H19ClF3N5O3/c22-18-16-10-14(2-3-15(16)19(31)28-27-18)26-11-12-9-13(21(23,24)25)1-4-17(12)29-5-7-30(8-6-29)20(32)33/h1-4,9-10,26H,5-8,11H2,(H,28,31)(H,32,33). The number of benzene rings is 2. The summed E-state index contributed by atoms with van der Waals surface area (Å²) in [5, 5.41) is 19.1. The summed E-state index contributed by atoms with van der Waals surface area (Å²) >= 11 is 6.06. The van der Waals surface area contributed by atoms with Gasteiger partial charge in [0.2, 0.25) is 0 Å². The predicted octanol–water partition coefficient (Wildman–Crippen LogP) is 4.01. The molecule has 33 heavy (non-hydrogen) atoms. The Morgan fingerprint density at radius 3 is 2.52 bits per heavy atom. The van der Waals surface area contributed by atoms with Crippen LogP contribution in [0.25, 0.3) is 10.8 Å². The number of aromatic amines is 1. The molecular formula is C21H19ClF3N5O3. The zero-order valence-corrected chi connectivity index (χ0v) is 17.9. The van der Waals surface area contributed by atoms with E-state index in [4.69, 9.17) is 16.7 Å². The molecule has 3 aromatic rings. The van der Waals surface area contributed by atoms with E-state index in [0.29, 0.717) is 40.8 Å². The monoisotopic (exact) mass is 481 g/mol. The quantitative estimate of drug-likeness (QED) is 0.520. The van der Waals surface area contributed by atoms with Crippen molar-refractivity contribution in [2.24, 2.45) is 0 Å². The Kier molecular flexibility index (Phi) is 6.07. The lowest BCUT2D eigenvalue weighted by molar-refractivity contribution is -0.137. The fourth-order valence-electron chi connectivity index (χ4n) is 3.79. The molecule has 2 heterocycles. The first-order chi connectivity index (χ1) is 15.6. The van der Waals surface area contributed by atoms with Gasteiger partial charge < -0.3 is 20.2 Å². The molecule has 0 saturated carbocycles. The Balaban J connectivity index is 1.61. The number of nitrogens with zero attached hydrogens (tertiary/aromatic N) is 3. The smallest absolute Gasteiger partial charge is 0.416 e. The molecule has 0 unspecified atom stereocenters. The molecule has 8 nitrogen and oxygen atoms in total. The van der Waals surface area contributed by atoms with Crippen molar-refractivity contribution < 1.29 is 23.1 Å². The number of alkyl halides is 3. The maximum Gasteiger partial charge on any atom is 0.416 e. The van der Waals surface area contributed by atoms with Gasteiger partial charge in [-0.15, -0.1) is 0 Å². The Morgan fingerprint density at radius 1 is 1.12 bits per heavy atom. The second-order valence-corrected chi connectivity index (χ2v) is 7.91. The molecule has 0 spiro atoms. The molecule has 2 aromatic carbocycles. The van der Waals surface area contributed by atoms with Gasteiger partial charge in [-0.3, -0.25) is 4.79 Å². The predicted molar refractivity (Wildman–Crippen MR) is 118 cm³/mol. The van der Waals surface area contributed by atoms with E-state index >= 15 is 0 Å². The van der Waals surface area contributed by atoms with E-state index in [2.05, 4.69) is 15.5 Å². The van der Waals surface area contributed by atoms with Crippen molar-refractivity contribution >= 4 is 39.8 Å². The number of anilines is 2. The van der Waals surface area contributed by atoms with E-state index in [0.717, 1.165) is 12.1 Å². The highest BCUT2D eigenvalue weighted by Gasteiger charge is 2.32. The zero-order valence-electron chi connectivity index (χ0n) is 17.1. The van der Waals surface area contributed by atoms with Crippen LogP contribution >= 0.6 is 11.6 Å². The van der Waals surface area contributed by atoms with Crippen LogP contribution in [-0.4, -0.2) is 52.5 Å². The van der Waals surface area contributed by atoms with E-state index in [-0.39, 0.29) is 24.8 Å². The van der Waals surface area contributed by atoms with Gasteiger partial charge in [0.1, 0.15) is 0 Å². The number of carboxylic acid groups (broad SMARTS) is 1. The third kappa shape index (κ3) is 4.82. The molecule has 174 valence electrons. The van der Waals surface area contributed by atoms with Crippen LogP contribution in [0.15, 0.2) is 41.2 Å². The molecule has 12 heteroatoms. The van der Waals surface area contributed by atoms with E-state index in [9.17, 15) is 22.8 Å². The van der Waals surface area contributed by atoms with Gasteiger partial charge in [0.15, 0.2) is 5.15 Å². The van der Waals surface area contributed by atoms with Gasteiger partial charge in [-0.2, -0.15) is 18.3 Å². The molecule has 1 aromatic heterocycles. The van der Waals surface area contributed by atoms with Crippen LogP contribution in [0, 0.1) is 0 Å². The van der Waals surface area contributed by atoms with Crippen LogP contribution in [0.5, 0.6) is 0 Å². The number of piperazine rings is 1. The number of hydrogen-bond donors (Lipinski definition) is 3. The first-order valence-corrected chi connectivity index (χ1v) is 10.4. The largest absolute Gasteiger partial charge is 0.465 e. The summed E-state index contributed by atoms with van der Waals surface area (Å²) in [6.45, 7) is 1.31. The minimum Gasteiger partial charge on any atom is -0.465 e. The van der Waals surface area contributed by atoms with Crippen molar-refractivity contribution in [2.45, 2.75) is 12.7 Å². The van der Waals surface area contributed by atoms with Crippen LogP contribution in [-0.2, 0) is 12.7 Å². The number of halogens is 4. The Morgan fingerprint density at radius 2 is 1.85 bits per heavy atom. The van der Waals surface area contributed by atoms with Gasteiger partial charge in [0.25, 0.3) is 5.56 Å². The summed E-state index contributed by atoms with van der Waals surface area (Å²) in [7, 11) is 0. The topological polar surface area (TPSA) is 102 Å². The van der Waals surface area contributed by atoms with Gasteiger partial charge in [-0.1, -0.05) is 11.6 Å². The molecule has 0 bridgehead atoms. The number of rotatable bonds is 4. The lowest BCUT2D eigenvalue weighted by Crippen LogP contribution is -2.48. The molecule has 0 atom stereocenters. The van der Waals surface area contributed by atoms with E-state index in [1.165, 1.54) is 11.0 Å². The average molecular weight is 482 g/mol. The summed E-state index contributed by atoms with van der Waals surface area (Å²) in [4.78, 5) is 26.2. The number of fused-ring (bicyclic) bond motifs is 1. The second kappa shape index (κ2) is 8.81. The molecule has 1 amide bonds. The molecule has 1 fully saturated rings. The highest BCUT2D eigenvalue weighted by atomic mass is 35.5. The Hall–Kier alpha value is -3.47. The average Bonchev–Trinajstić information content (AvgIpc) is 2.79. The lowest BCUT2D eigenvalue weighted by Gasteiger charge is -2.36. The summed E-state index contributed by atoms with van der Waals surface area (Å²) in [5.74, 6) is 0. The number of aromatic nitrogens is 2. The van der Waals surface area contributed by atoms with Crippen molar-refractivity contribution in [3.63, 3.8) is 0 Å². The minimum absolute atomic E-state index is 0.0676. The van der Waals surface area contributed by atoms with Crippen LogP contribution in [0.2, 0.25) is 5.15 Å². The van der Waals surface area contributed by atoms with Crippen LogP contribution in [0.1, 0.15) is 11.1 Å².